The van der Waals surface area contributed by atoms with Crippen molar-refractivity contribution in [2.45, 2.75) is 70.1 Å². The summed E-state index contributed by atoms with van der Waals surface area (Å²) in [7, 11) is 0. The van der Waals surface area contributed by atoms with Gasteiger partial charge >= 0.3 is 0 Å². The van der Waals surface area contributed by atoms with Crippen molar-refractivity contribution in [2.24, 2.45) is 11.8 Å². The molecule has 2 nitrogen and oxygen atoms in total. The maximum absolute atomic E-state index is 15.1. The molecule has 2 saturated carbocycles. The van der Waals surface area contributed by atoms with Gasteiger partial charge in [-0.2, -0.15) is 0 Å². The van der Waals surface area contributed by atoms with E-state index in [1.165, 1.54) is 6.07 Å². The van der Waals surface area contributed by atoms with E-state index in [1.54, 1.807) is 18.2 Å². The molecule has 0 aromatic heterocycles. The molecular formula is C29H35F3O2. The number of aliphatic hydroxyl groups excluding tert-OH is 1. The maximum atomic E-state index is 15.1. The van der Waals surface area contributed by atoms with Crippen LogP contribution in [0.5, 0.6) is 5.75 Å². The molecule has 0 bridgehead atoms. The van der Waals surface area contributed by atoms with Gasteiger partial charge in [-0.15, -0.1) is 0 Å². The van der Waals surface area contributed by atoms with Gasteiger partial charge in [-0.1, -0.05) is 30.4 Å². The second-order valence-corrected chi connectivity index (χ2v) is 9.87. The van der Waals surface area contributed by atoms with Gasteiger partial charge in [0, 0.05) is 6.61 Å². The molecule has 0 radical (unpaired) electrons. The Morgan fingerprint density at radius 2 is 1.44 bits per heavy atom. The van der Waals surface area contributed by atoms with E-state index in [0.717, 1.165) is 56.9 Å². The number of aliphatic hydroxyl groups is 1. The quantitative estimate of drug-likeness (QED) is 0.446. The molecular weight excluding hydrogens is 437 g/mol. The lowest BCUT2D eigenvalue weighted by atomic mass is 9.76. The van der Waals surface area contributed by atoms with Crippen LogP contribution in [0, 0.1) is 29.3 Å². The fourth-order valence-electron chi connectivity index (χ4n) is 5.63. The first-order chi connectivity index (χ1) is 16.5. The summed E-state index contributed by atoms with van der Waals surface area (Å²) in [5.41, 5.74) is 1.79. The lowest BCUT2D eigenvalue weighted by Gasteiger charge is -2.30. The van der Waals surface area contributed by atoms with E-state index in [4.69, 9.17) is 4.74 Å². The van der Waals surface area contributed by atoms with Gasteiger partial charge in [0.1, 0.15) is 0 Å². The molecule has 2 aliphatic rings. The molecule has 4 rings (SSSR count). The molecule has 2 fully saturated rings. The van der Waals surface area contributed by atoms with Gasteiger partial charge in [-0.05, 0) is 111 Å². The van der Waals surface area contributed by atoms with Crippen LogP contribution in [0.1, 0.15) is 86.8 Å². The van der Waals surface area contributed by atoms with Gasteiger partial charge in [-0.25, -0.2) is 13.2 Å². The SMILES string of the molecule is CCOc1ccc(C=CC2CCC(c3ccc(C4CCC(CO)CC4)c(F)c3F)CC2)cc1F. The van der Waals surface area contributed by atoms with E-state index in [1.807, 2.05) is 19.1 Å². The van der Waals surface area contributed by atoms with Crippen LogP contribution in [0.25, 0.3) is 6.08 Å². The van der Waals surface area contributed by atoms with Crippen LogP contribution in [-0.4, -0.2) is 18.3 Å². The number of ether oxygens (including phenoxy) is 1. The molecule has 0 spiro atoms. The lowest BCUT2D eigenvalue weighted by Crippen LogP contribution is -2.18. The largest absolute Gasteiger partial charge is 0.491 e. The van der Waals surface area contributed by atoms with Crippen LogP contribution in [0.2, 0.25) is 0 Å². The molecule has 2 aliphatic carbocycles. The van der Waals surface area contributed by atoms with Crippen LogP contribution in [-0.2, 0) is 0 Å². The van der Waals surface area contributed by atoms with Crippen LogP contribution < -0.4 is 4.74 Å². The first-order valence-corrected chi connectivity index (χ1v) is 12.7. The Kier molecular flexibility index (Phi) is 8.36. The summed E-state index contributed by atoms with van der Waals surface area (Å²) in [5, 5.41) is 9.32. The number of hydrogen-bond donors (Lipinski definition) is 1. The zero-order valence-corrected chi connectivity index (χ0v) is 19.9. The van der Waals surface area contributed by atoms with Crippen molar-refractivity contribution in [3.63, 3.8) is 0 Å². The van der Waals surface area contributed by atoms with Crippen molar-refractivity contribution < 1.29 is 23.0 Å². The molecule has 5 heteroatoms. The molecule has 34 heavy (non-hydrogen) atoms. The molecule has 2 aromatic rings. The highest BCUT2D eigenvalue weighted by Gasteiger charge is 2.29. The summed E-state index contributed by atoms with van der Waals surface area (Å²) in [6.45, 7) is 2.43. The summed E-state index contributed by atoms with van der Waals surface area (Å²) in [4.78, 5) is 0. The van der Waals surface area contributed by atoms with Crippen LogP contribution in [0.3, 0.4) is 0 Å². The van der Waals surface area contributed by atoms with E-state index >= 15 is 8.78 Å². The van der Waals surface area contributed by atoms with Crippen molar-refractivity contribution >= 4 is 6.08 Å². The number of allylic oxidation sites excluding steroid dienone is 1. The molecule has 0 amide bonds. The predicted molar refractivity (Wildman–Crippen MR) is 129 cm³/mol. The highest BCUT2D eigenvalue weighted by molar-refractivity contribution is 5.51. The van der Waals surface area contributed by atoms with Crippen molar-refractivity contribution in [1.82, 2.24) is 0 Å². The van der Waals surface area contributed by atoms with Crippen LogP contribution in [0.15, 0.2) is 36.4 Å². The first-order valence-electron chi connectivity index (χ1n) is 12.7. The van der Waals surface area contributed by atoms with Crippen LogP contribution >= 0.6 is 0 Å². The third-order valence-electron chi connectivity index (χ3n) is 7.72. The average molecular weight is 473 g/mol. The Balaban J connectivity index is 1.35. The summed E-state index contributed by atoms with van der Waals surface area (Å²) < 4.78 is 49.4. The van der Waals surface area contributed by atoms with E-state index in [-0.39, 0.29) is 30.0 Å². The number of hydrogen-bond acceptors (Lipinski definition) is 2. The predicted octanol–water partition coefficient (Wildman–Crippen LogP) is 7.76. The highest BCUT2D eigenvalue weighted by Crippen LogP contribution is 2.41. The molecule has 0 atom stereocenters. The van der Waals surface area contributed by atoms with Gasteiger partial charge < -0.3 is 9.84 Å². The third-order valence-corrected chi connectivity index (χ3v) is 7.72. The minimum absolute atomic E-state index is 0.0289. The van der Waals surface area contributed by atoms with Crippen molar-refractivity contribution in [3.05, 3.63) is 70.5 Å². The van der Waals surface area contributed by atoms with E-state index < -0.39 is 11.6 Å². The summed E-state index contributed by atoms with van der Waals surface area (Å²) in [5.74, 6) is -0.745. The Labute approximate surface area is 200 Å². The first kappa shape index (κ1) is 24.8. The second kappa shape index (κ2) is 11.4. The fraction of sp³-hybridized carbons (Fsp3) is 0.517. The van der Waals surface area contributed by atoms with Crippen molar-refractivity contribution in [3.8, 4) is 5.75 Å². The second-order valence-electron chi connectivity index (χ2n) is 9.87. The molecule has 184 valence electrons. The lowest BCUT2D eigenvalue weighted by molar-refractivity contribution is 0.181. The molecule has 2 aromatic carbocycles. The van der Waals surface area contributed by atoms with Crippen LogP contribution in [0.4, 0.5) is 13.2 Å². The molecule has 0 saturated heterocycles. The fourth-order valence-corrected chi connectivity index (χ4v) is 5.63. The minimum Gasteiger partial charge on any atom is -0.491 e. The number of rotatable bonds is 7. The molecule has 0 aliphatic heterocycles. The van der Waals surface area contributed by atoms with E-state index in [2.05, 4.69) is 6.08 Å². The normalized spacial score (nSPS) is 25.6. The Morgan fingerprint density at radius 3 is 1.97 bits per heavy atom. The Hall–Kier alpha value is -2.27. The van der Waals surface area contributed by atoms with Gasteiger partial charge in [0.15, 0.2) is 23.2 Å². The standard InChI is InChI=1S/C29H35F3O2/c1-2-34-27-16-9-20(17-26(27)30)4-3-19-5-10-22(11-6-19)24-14-15-25(29(32)28(24)31)23-12-7-21(18-33)8-13-23/h3-4,9,14-17,19,21-23,33H,2,5-8,10-13,18H2,1H3. The third kappa shape index (κ3) is 5.68. The number of halogens is 3. The van der Waals surface area contributed by atoms with Gasteiger partial charge in [0.05, 0.1) is 6.61 Å². The summed E-state index contributed by atoms with van der Waals surface area (Å²) in [6, 6.07) is 8.56. The monoisotopic (exact) mass is 472 g/mol. The summed E-state index contributed by atoms with van der Waals surface area (Å²) >= 11 is 0. The molecule has 0 unspecified atom stereocenters. The molecule has 1 N–H and O–H groups in total. The highest BCUT2D eigenvalue weighted by atomic mass is 19.2. The Bertz CT molecular complexity index is 987. The topological polar surface area (TPSA) is 29.5 Å². The maximum Gasteiger partial charge on any atom is 0.165 e. The zero-order chi connectivity index (χ0) is 24.1. The van der Waals surface area contributed by atoms with Gasteiger partial charge in [0.2, 0.25) is 0 Å². The minimum atomic E-state index is -0.676. The van der Waals surface area contributed by atoms with E-state index in [9.17, 15) is 9.50 Å². The average Bonchev–Trinajstić information content (AvgIpc) is 2.86. The van der Waals surface area contributed by atoms with Gasteiger partial charge in [-0.3, -0.25) is 0 Å². The molecule has 0 heterocycles. The number of benzene rings is 2. The summed E-state index contributed by atoms with van der Waals surface area (Å²) in [6.07, 6.45) is 10.8. The van der Waals surface area contributed by atoms with Crippen molar-refractivity contribution in [1.29, 1.82) is 0 Å². The van der Waals surface area contributed by atoms with E-state index in [0.29, 0.717) is 29.6 Å². The zero-order valence-electron chi connectivity index (χ0n) is 19.9. The smallest absolute Gasteiger partial charge is 0.165 e. The van der Waals surface area contributed by atoms with Gasteiger partial charge in [0.25, 0.3) is 0 Å². The Morgan fingerprint density at radius 1 is 0.853 bits per heavy atom. The van der Waals surface area contributed by atoms with Crippen molar-refractivity contribution in [2.75, 3.05) is 13.2 Å².